The van der Waals surface area contributed by atoms with E-state index in [0.717, 1.165) is 19.6 Å². The molecule has 2 heteroatoms. The molecular weight excluding hydrogens is 162 g/mol. The molecule has 1 aromatic carbocycles. The van der Waals surface area contributed by atoms with Gasteiger partial charge in [0.2, 0.25) is 0 Å². The Kier molecular flexibility index (Phi) is 2.62. The number of ether oxygens (including phenoxy) is 1. The van der Waals surface area contributed by atoms with Crippen LogP contribution in [0, 0.1) is 5.92 Å². The van der Waals surface area contributed by atoms with Gasteiger partial charge in [-0.25, -0.2) is 0 Å². The molecule has 2 N–H and O–H groups in total. The molecule has 2 nitrogen and oxygen atoms in total. The fourth-order valence-electron chi connectivity index (χ4n) is 1.78. The Morgan fingerprint density at radius 2 is 2.08 bits per heavy atom. The summed E-state index contributed by atoms with van der Waals surface area (Å²) in [5.74, 6) is 0.502. The first-order chi connectivity index (χ1) is 6.38. The molecule has 1 aliphatic rings. The first-order valence-corrected chi connectivity index (χ1v) is 4.76. The Balaban J connectivity index is 2.08. The Hall–Kier alpha value is -0.860. The quantitative estimate of drug-likeness (QED) is 0.746. The van der Waals surface area contributed by atoms with Crippen LogP contribution >= 0.6 is 0 Å². The smallest absolute Gasteiger partial charge is 0.0513 e. The second kappa shape index (κ2) is 3.90. The van der Waals surface area contributed by atoms with Crippen molar-refractivity contribution in [1.82, 2.24) is 0 Å². The maximum absolute atomic E-state index is 6.12. The topological polar surface area (TPSA) is 35.2 Å². The molecule has 1 aromatic rings. The molecule has 0 amide bonds. The first kappa shape index (κ1) is 8.73. The van der Waals surface area contributed by atoms with Gasteiger partial charge < -0.3 is 10.5 Å². The Labute approximate surface area is 78.7 Å². The third kappa shape index (κ3) is 1.90. The minimum Gasteiger partial charge on any atom is -0.381 e. The van der Waals surface area contributed by atoms with Crippen LogP contribution in [0.2, 0.25) is 0 Å². The van der Waals surface area contributed by atoms with Crippen molar-refractivity contribution >= 4 is 0 Å². The van der Waals surface area contributed by atoms with Crippen LogP contribution in [0.5, 0.6) is 0 Å². The monoisotopic (exact) mass is 177 g/mol. The van der Waals surface area contributed by atoms with Crippen LogP contribution in [0.1, 0.15) is 18.0 Å². The summed E-state index contributed by atoms with van der Waals surface area (Å²) in [4.78, 5) is 0. The van der Waals surface area contributed by atoms with E-state index in [2.05, 4.69) is 12.1 Å². The van der Waals surface area contributed by atoms with Crippen LogP contribution in [0.3, 0.4) is 0 Å². The highest BCUT2D eigenvalue weighted by Crippen LogP contribution is 2.26. The SMILES string of the molecule is N[C@H](c1ccccc1)[C@H]1CCOC1. The van der Waals surface area contributed by atoms with Gasteiger partial charge in [0, 0.05) is 18.6 Å². The van der Waals surface area contributed by atoms with Gasteiger partial charge in [0.25, 0.3) is 0 Å². The van der Waals surface area contributed by atoms with Crippen molar-refractivity contribution in [3.05, 3.63) is 35.9 Å². The number of nitrogens with two attached hydrogens (primary N) is 1. The van der Waals surface area contributed by atoms with Gasteiger partial charge in [0.05, 0.1) is 6.61 Å². The lowest BCUT2D eigenvalue weighted by molar-refractivity contribution is 0.181. The summed E-state index contributed by atoms with van der Waals surface area (Å²) in [5.41, 5.74) is 7.34. The van der Waals surface area contributed by atoms with E-state index in [4.69, 9.17) is 10.5 Å². The van der Waals surface area contributed by atoms with Gasteiger partial charge >= 0.3 is 0 Å². The summed E-state index contributed by atoms with van der Waals surface area (Å²) in [6.45, 7) is 1.68. The number of benzene rings is 1. The van der Waals surface area contributed by atoms with E-state index >= 15 is 0 Å². The number of hydrogen-bond acceptors (Lipinski definition) is 2. The molecule has 0 aromatic heterocycles. The van der Waals surface area contributed by atoms with Gasteiger partial charge in [0.1, 0.15) is 0 Å². The van der Waals surface area contributed by atoms with Crippen LogP contribution in [0.15, 0.2) is 30.3 Å². The summed E-state index contributed by atoms with van der Waals surface area (Å²) in [6.07, 6.45) is 1.09. The molecule has 13 heavy (non-hydrogen) atoms. The highest BCUT2D eigenvalue weighted by molar-refractivity contribution is 5.19. The van der Waals surface area contributed by atoms with E-state index in [-0.39, 0.29) is 6.04 Å². The van der Waals surface area contributed by atoms with Crippen molar-refractivity contribution in [2.45, 2.75) is 12.5 Å². The molecule has 0 bridgehead atoms. The van der Waals surface area contributed by atoms with Crippen molar-refractivity contribution in [1.29, 1.82) is 0 Å². The van der Waals surface area contributed by atoms with E-state index in [1.807, 2.05) is 18.2 Å². The Morgan fingerprint density at radius 1 is 1.31 bits per heavy atom. The lowest BCUT2D eigenvalue weighted by Crippen LogP contribution is -2.21. The van der Waals surface area contributed by atoms with Crippen molar-refractivity contribution in [3.63, 3.8) is 0 Å². The average molecular weight is 177 g/mol. The minimum absolute atomic E-state index is 0.142. The molecular formula is C11H15NO. The fourth-order valence-corrected chi connectivity index (χ4v) is 1.78. The molecule has 0 radical (unpaired) electrons. The third-order valence-corrected chi connectivity index (χ3v) is 2.66. The molecule has 2 atom stereocenters. The molecule has 1 fully saturated rings. The fraction of sp³-hybridized carbons (Fsp3) is 0.455. The van der Waals surface area contributed by atoms with Crippen LogP contribution in [-0.4, -0.2) is 13.2 Å². The number of hydrogen-bond donors (Lipinski definition) is 1. The normalized spacial score (nSPS) is 24.5. The van der Waals surface area contributed by atoms with Gasteiger partial charge in [-0.3, -0.25) is 0 Å². The molecule has 0 saturated carbocycles. The lowest BCUT2D eigenvalue weighted by atomic mass is 9.93. The predicted octanol–water partition coefficient (Wildman–Crippen LogP) is 1.72. The van der Waals surface area contributed by atoms with E-state index in [0.29, 0.717) is 5.92 Å². The second-order valence-electron chi connectivity index (χ2n) is 3.56. The zero-order valence-corrected chi connectivity index (χ0v) is 7.65. The first-order valence-electron chi connectivity index (χ1n) is 4.76. The van der Waals surface area contributed by atoms with Crippen molar-refractivity contribution in [2.75, 3.05) is 13.2 Å². The zero-order chi connectivity index (χ0) is 9.10. The van der Waals surface area contributed by atoms with Crippen LogP contribution < -0.4 is 5.73 Å². The molecule has 70 valence electrons. The average Bonchev–Trinajstić information content (AvgIpc) is 2.71. The van der Waals surface area contributed by atoms with Gasteiger partial charge in [0.15, 0.2) is 0 Å². The molecule has 2 rings (SSSR count). The molecule has 1 aliphatic heterocycles. The highest BCUT2D eigenvalue weighted by Gasteiger charge is 2.23. The maximum atomic E-state index is 6.12. The second-order valence-corrected chi connectivity index (χ2v) is 3.56. The van der Waals surface area contributed by atoms with E-state index in [1.165, 1.54) is 5.56 Å². The summed E-state index contributed by atoms with van der Waals surface area (Å²) < 4.78 is 5.32. The number of rotatable bonds is 2. The molecule has 1 heterocycles. The third-order valence-electron chi connectivity index (χ3n) is 2.66. The van der Waals surface area contributed by atoms with E-state index in [9.17, 15) is 0 Å². The van der Waals surface area contributed by atoms with E-state index in [1.54, 1.807) is 0 Å². The Morgan fingerprint density at radius 3 is 2.69 bits per heavy atom. The van der Waals surface area contributed by atoms with Crippen LogP contribution in [0.25, 0.3) is 0 Å². The van der Waals surface area contributed by atoms with Gasteiger partial charge in [-0.1, -0.05) is 30.3 Å². The minimum atomic E-state index is 0.142. The van der Waals surface area contributed by atoms with Gasteiger partial charge in [-0.2, -0.15) is 0 Å². The van der Waals surface area contributed by atoms with Crippen molar-refractivity contribution < 1.29 is 4.74 Å². The van der Waals surface area contributed by atoms with Crippen LogP contribution in [-0.2, 0) is 4.74 Å². The van der Waals surface area contributed by atoms with Crippen molar-refractivity contribution in [2.24, 2.45) is 11.7 Å². The molecule has 0 spiro atoms. The van der Waals surface area contributed by atoms with E-state index < -0.39 is 0 Å². The largest absolute Gasteiger partial charge is 0.381 e. The Bertz CT molecular complexity index is 254. The zero-order valence-electron chi connectivity index (χ0n) is 7.65. The maximum Gasteiger partial charge on any atom is 0.0513 e. The summed E-state index contributed by atoms with van der Waals surface area (Å²) in [7, 11) is 0. The molecule has 0 aliphatic carbocycles. The summed E-state index contributed by atoms with van der Waals surface area (Å²) in [6, 6.07) is 10.4. The predicted molar refractivity (Wildman–Crippen MR) is 52.3 cm³/mol. The lowest BCUT2D eigenvalue weighted by Gasteiger charge is -2.17. The highest BCUT2D eigenvalue weighted by atomic mass is 16.5. The molecule has 0 unspecified atom stereocenters. The standard InChI is InChI=1S/C11H15NO/c12-11(10-6-7-13-8-10)9-4-2-1-3-5-9/h1-5,10-11H,6-8,12H2/t10-,11+/m0/s1. The van der Waals surface area contributed by atoms with Crippen molar-refractivity contribution in [3.8, 4) is 0 Å². The summed E-state index contributed by atoms with van der Waals surface area (Å²) >= 11 is 0. The summed E-state index contributed by atoms with van der Waals surface area (Å²) in [5, 5.41) is 0. The van der Waals surface area contributed by atoms with Crippen LogP contribution in [0.4, 0.5) is 0 Å². The van der Waals surface area contributed by atoms with Gasteiger partial charge in [-0.15, -0.1) is 0 Å². The van der Waals surface area contributed by atoms with Gasteiger partial charge in [-0.05, 0) is 12.0 Å². The molecule has 1 saturated heterocycles.